The van der Waals surface area contributed by atoms with Crippen LogP contribution in [0.2, 0.25) is 0 Å². The fourth-order valence-corrected chi connectivity index (χ4v) is 2.39. The molecule has 1 amide bonds. The third kappa shape index (κ3) is 3.73. The fourth-order valence-electron chi connectivity index (χ4n) is 2.08. The number of nitrogens with zero attached hydrogens (tertiary/aromatic N) is 1. The third-order valence-corrected chi connectivity index (χ3v) is 3.72. The molecule has 1 aromatic carbocycles. The van der Waals surface area contributed by atoms with Crippen molar-refractivity contribution in [3.8, 4) is 17.2 Å². The van der Waals surface area contributed by atoms with E-state index >= 15 is 0 Å². The van der Waals surface area contributed by atoms with E-state index in [1.54, 1.807) is 17.0 Å². The van der Waals surface area contributed by atoms with Crippen molar-refractivity contribution in [1.29, 1.82) is 0 Å². The summed E-state index contributed by atoms with van der Waals surface area (Å²) in [5.74, 6) is 1.36. The molecular formula is C15H22ClNO4. The summed E-state index contributed by atoms with van der Waals surface area (Å²) in [4.78, 5) is 14.1. The Hall–Kier alpha value is -1.62. The summed E-state index contributed by atoms with van der Waals surface area (Å²) in [7, 11) is 4.59. The average Bonchev–Trinajstić information content (AvgIpc) is 2.53. The van der Waals surface area contributed by atoms with Crippen LogP contribution in [0.1, 0.15) is 24.8 Å². The molecule has 0 aliphatic heterocycles. The van der Waals surface area contributed by atoms with Crippen LogP contribution in [0.3, 0.4) is 0 Å². The van der Waals surface area contributed by atoms with Gasteiger partial charge >= 0.3 is 0 Å². The summed E-state index contributed by atoms with van der Waals surface area (Å²) in [6, 6.07) is 3.34. The first kappa shape index (κ1) is 17.4. The molecule has 1 rings (SSSR count). The van der Waals surface area contributed by atoms with Crippen LogP contribution in [0.15, 0.2) is 12.1 Å². The van der Waals surface area contributed by atoms with E-state index in [4.69, 9.17) is 25.8 Å². The molecule has 0 aliphatic rings. The van der Waals surface area contributed by atoms with Crippen LogP contribution in [0.4, 0.5) is 0 Å². The van der Waals surface area contributed by atoms with E-state index in [1.165, 1.54) is 21.3 Å². The molecule has 21 heavy (non-hydrogen) atoms. The predicted octanol–water partition coefficient (Wildman–Crippen LogP) is 2.86. The number of rotatable bonds is 7. The highest BCUT2D eigenvalue weighted by Gasteiger charge is 2.26. The minimum absolute atomic E-state index is 0.160. The van der Waals surface area contributed by atoms with Crippen molar-refractivity contribution in [3.05, 3.63) is 17.7 Å². The van der Waals surface area contributed by atoms with Crippen LogP contribution in [-0.4, -0.2) is 45.2 Å². The van der Waals surface area contributed by atoms with Crippen LogP contribution >= 0.6 is 11.6 Å². The van der Waals surface area contributed by atoms with Gasteiger partial charge in [0, 0.05) is 24.7 Å². The van der Waals surface area contributed by atoms with Gasteiger partial charge in [-0.1, -0.05) is 0 Å². The average molecular weight is 316 g/mol. The third-order valence-electron chi connectivity index (χ3n) is 3.30. The molecule has 0 aromatic heterocycles. The first-order chi connectivity index (χ1) is 10.0. The molecule has 118 valence electrons. The summed E-state index contributed by atoms with van der Waals surface area (Å²) in [5, 5.41) is -0.834. The first-order valence-electron chi connectivity index (χ1n) is 6.76. The number of ether oxygens (including phenoxy) is 3. The van der Waals surface area contributed by atoms with Crippen LogP contribution < -0.4 is 14.2 Å². The summed E-state index contributed by atoms with van der Waals surface area (Å²) < 4.78 is 15.8. The van der Waals surface area contributed by atoms with Gasteiger partial charge in [0.05, 0.1) is 21.3 Å². The van der Waals surface area contributed by atoms with Crippen molar-refractivity contribution in [3.63, 3.8) is 0 Å². The molecule has 5 nitrogen and oxygen atoms in total. The zero-order valence-electron chi connectivity index (χ0n) is 13.1. The molecule has 0 saturated heterocycles. The van der Waals surface area contributed by atoms with E-state index in [1.807, 2.05) is 13.8 Å². The van der Waals surface area contributed by atoms with Gasteiger partial charge in [0.25, 0.3) is 0 Å². The number of alkyl halides is 1. The normalized spacial score (nSPS) is 11.7. The van der Waals surface area contributed by atoms with Gasteiger partial charge in [-0.3, -0.25) is 4.79 Å². The zero-order chi connectivity index (χ0) is 16.0. The van der Waals surface area contributed by atoms with Gasteiger partial charge in [-0.25, -0.2) is 0 Å². The topological polar surface area (TPSA) is 48.0 Å². The van der Waals surface area contributed by atoms with Crippen molar-refractivity contribution in [1.82, 2.24) is 4.90 Å². The molecule has 0 heterocycles. The first-order valence-corrected chi connectivity index (χ1v) is 7.20. The number of carbonyl (C=O) groups excluding carboxylic acids is 1. The molecular weight excluding hydrogens is 294 g/mol. The summed E-state index contributed by atoms with van der Waals surface area (Å²) in [5.41, 5.74) is 0.564. The van der Waals surface area contributed by atoms with E-state index in [2.05, 4.69) is 0 Å². The Balaban J connectivity index is 3.24. The fraction of sp³-hybridized carbons (Fsp3) is 0.533. The lowest BCUT2D eigenvalue weighted by Crippen LogP contribution is -2.33. The number of likely N-dealkylation sites (N-methyl/N-ethyl adjacent to an activating group) is 1. The molecule has 0 spiro atoms. The Morgan fingerprint density at radius 3 is 1.95 bits per heavy atom. The molecule has 0 aliphatic carbocycles. The Morgan fingerprint density at radius 1 is 1.05 bits per heavy atom. The van der Waals surface area contributed by atoms with Crippen molar-refractivity contribution in [2.75, 3.05) is 34.4 Å². The number of hydrogen-bond donors (Lipinski definition) is 0. The largest absolute Gasteiger partial charge is 0.496 e. The maximum Gasteiger partial charge on any atom is 0.245 e. The zero-order valence-corrected chi connectivity index (χ0v) is 13.9. The molecule has 1 unspecified atom stereocenters. The maximum atomic E-state index is 12.4. The molecule has 0 fully saturated rings. The van der Waals surface area contributed by atoms with Gasteiger partial charge < -0.3 is 19.1 Å². The van der Waals surface area contributed by atoms with Gasteiger partial charge in [-0.2, -0.15) is 0 Å². The van der Waals surface area contributed by atoms with Crippen LogP contribution in [-0.2, 0) is 4.79 Å². The van der Waals surface area contributed by atoms with Gasteiger partial charge in [0.2, 0.25) is 5.91 Å². The number of carbonyl (C=O) groups is 1. The van der Waals surface area contributed by atoms with Crippen LogP contribution in [0.25, 0.3) is 0 Å². The lowest BCUT2D eigenvalue weighted by molar-refractivity contribution is -0.130. The SMILES string of the molecule is CCN(CC)C(=O)C(Cl)c1cc(OC)c(OC)cc1OC. The number of benzene rings is 1. The van der Waals surface area contributed by atoms with Crippen molar-refractivity contribution < 1.29 is 19.0 Å². The van der Waals surface area contributed by atoms with Crippen molar-refractivity contribution >= 4 is 17.5 Å². The number of amides is 1. The summed E-state index contributed by atoms with van der Waals surface area (Å²) in [6.45, 7) is 5.04. The second-order valence-corrected chi connectivity index (χ2v) is 4.76. The molecule has 0 bridgehead atoms. The van der Waals surface area contributed by atoms with Gasteiger partial charge in [0.1, 0.15) is 11.1 Å². The van der Waals surface area contributed by atoms with E-state index in [0.717, 1.165) is 0 Å². The molecule has 0 saturated carbocycles. The Bertz CT molecular complexity index is 489. The number of halogens is 1. The second kappa shape index (κ2) is 7.98. The highest BCUT2D eigenvalue weighted by atomic mass is 35.5. The highest BCUT2D eigenvalue weighted by Crippen LogP contribution is 2.40. The predicted molar refractivity (Wildman–Crippen MR) is 82.6 cm³/mol. The quantitative estimate of drug-likeness (QED) is 0.726. The van der Waals surface area contributed by atoms with E-state index in [9.17, 15) is 4.79 Å². The van der Waals surface area contributed by atoms with Crippen LogP contribution in [0.5, 0.6) is 17.2 Å². The molecule has 0 radical (unpaired) electrons. The highest BCUT2D eigenvalue weighted by molar-refractivity contribution is 6.31. The Morgan fingerprint density at radius 2 is 1.52 bits per heavy atom. The lowest BCUT2D eigenvalue weighted by Gasteiger charge is -2.23. The standard InChI is InChI=1S/C15H22ClNO4/c1-6-17(7-2)15(18)14(16)10-8-12(20-4)13(21-5)9-11(10)19-3/h8-9,14H,6-7H2,1-5H3. The van der Waals surface area contributed by atoms with Crippen molar-refractivity contribution in [2.45, 2.75) is 19.2 Å². The molecule has 0 N–H and O–H groups in total. The second-order valence-electron chi connectivity index (χ2n) is 4.32. The monoisotopic (exact) mass is 315 g/mol. The summed E-state index contributed by atoms with van der Waals surface area (Å²) in [6.07, 6.45) is 0. The smallest absolute Gasteiger partial charge is 0.245 e. The van der Waals surface area contributed by atoms with Crippen LogP contribution in [0, 0.1) is 0 Å². The molecule has 6 heteroatoms. The maximum absolute atomic E-state index is 12.4. The number of hydrogen-bond acceptors (Lipinski definition) is 4. The van der Waals surface area contributed by atoms with Gasteiger partial charge in [-0.15, -0.1) is 11.6 Å². The van der Waals surface area contributed by atoms with Gasteiger partial charge in [0.15, 0.2) is 11.5 Å². The molecule has 1 atom stereocenters. The van der Waals surface area contributed by atoms with Crippen molar-refractivity contribution in [2.24, 2.45) is 0 Å². The molecule has 1 aromatic rings. The Labute approximate surface area is 130 Å². The van der Waals surface area contributed by atoms with E-state index in [0.29, 0.717) is 35.9 Å². The Kier molecular flexibility index (Phi) is 6.62. The lowest BCUT2D eigenvalue weighted by atomic mass is 10.1. The van der Waals surface area contributed by atoms with E-state index < -0.39 is 5.38 Å². The summed E-state index contributed by atoms with van der Waals surface area (Å²) >= 11 is 6.35. The van der Waals surface area contributed by atoms with Gasteiger partial charge in [-0.05, 0) is 19.9 Å². The minimum atomic E-state index is -0.834. The minimum Gasteiger partial charge on any atom is -0.496 e. The number of methoxy groups -OCH3 is 3. The van der Waals surface area contributed by atoms with E-state index in [-0.39, 0.29) is 5.91 Å².